The molecule has 2 aromatic rings. The Hall–Kier alpha value is -1.76. The fraction of sp³-hybridized carbons (Fsp3) is 0.286. The third kappa shape index (κ3) is 3.12. The molecule has 0 aliphatic heterocycles. The van der Waals surface area contributed by atoms with Crippen LogP contribution in [0.15, 0.2) is 21.1 Å². The fourth-order valence-electron chi connectivity index (χ4n) is 1.97. The molecule has 1 amide bonds. The number of rotatable bonds is 3. The van der Waals surface area contributed by atoms with Gasteiger partial charge in [0.15, 0.2) is 0 Å². The maximum atomic E-state index is 13.8. The van der Waals surface area contributed by atoms with Gasteiger partial charge in [-0.1, -0.05) is 21.1 Å². The Morgan fingerprint density at radius 3 is 2.38 bits per heavy atom. The topological polar surface area (TPSA) is 46.3 Å². The highest BCUT2D eigenvalue weighted by Crippen LogP contribution is 2.22. The SMILES string of the molecule is Cc1noc(C)c1CN(C)C(=O)c1c(F)cc(Br)cc1F. The fourth-order valence-corrected chi connectivity index (χ4v) is 2.38. The lowest BCUT2D eigenvalue weighted by molar-refractivity contribution is 0.0774. The van der Waals surface area contributed by atoms with Crippen molar-refractivity contribution < 1.29 is 18.1 Å². The summed E-state index contributed by atoms with van der Waals surface area (Å²) in [6.07, 6.45) is 0. The van der Waals surface area contributed by atoms with Gasteiger partial charge in [-0.15, -0.1) is 0 Å². The van der Waals surface area contributed by atoms with Crippen LogP contribution in [0.1, 0.15) is 27.4 Å². The van der Waals surface area contributed by atoms with Crippen LogP contribution in [0.5, 0.6) is 0 Å². The Labute approximate surface area is 128 Å². The van der Waals surface area contributed by atoms with Crippen molar-refractivity contribution in [1.82, 2.24) is 10.1 Å². The molecular weight excluding hydrogens is 346 g/mol. The molecule has 0 spiro atoms. The number of aromatic nitrogens is 1. The standard InChI is InChI=1S/C14H13BrF2N2O2/c1-7-10(8(2)21-18-7)6-19(3)14(20)13-11(16)4-9(15)5-12(13)17/h4-5H,6H2,1-3H3. The molecule has 1 aromatic heterocycles. The van der Waals surface area contributed by atoms with Gasteiger partial charge in [-0.25, -0.2) is 8.78 Å². The summed E-state index contributed by atoms with van der Waals surface area (Å²) in [5, 5.41) is 3.78. The first kappa shape index (κ1) is 15.6. The van der Waals surface area contributed by atoms with Crippen molar-refractivity contribution in [2.45, 2.75) is 20.4 Å². The summed E-state index contributed by atoms with van der Waals surface area (Å²) in [5.41, 5.74) is 0.792. The molecule has 0 fully saturated rings. The van der Waals surface area contributed by atoms with Crippen molar-refractivity contribution in [2.24, 2.45) is 0 Å². The minimum atomic E-state index is -0.905. The van der Waals surface area contributed by atoms with Gasteiger partial charge in [0.2, 0.25) is 0 Å². The van der Waals surface area contributed by atoms with Gasteiger partial charge in [0.25, 0.3) is 5.91 Å². The third-order valence-electron chi connectivity index (χ3n) is 3.14. The molecule has 0 N–H and O–H groups in total. The predicted octanol–water partition coefficient (Wildman–Crippen LogP) is 3.60. The Balaban J connectivity index is 2.28. The molecule has 4 nitrogen and oxygen atoms in total. The zero-order valence-corrected chi connectivity index (χ0v) is 13.3. The minimum Gasteiger partial charge on any atom is -0.361 e. The highest BCUT2D eigenvalue weighted by Gasteiger charge is 2.23. The number of hydrogen-bond donors (Lipinski definition) is 0. The van der Waals surface area contributed by atoms with Crippen molar-refractivity contribution in [1.29, 1.82) is 0 Å². The maximum Gasteiger partial charge on any atom is 0.259 e. The van der Waals surface area contributed by atoms with Gasteiger partial charge < -0.3 is 9.42 Å². The Morgan fingerprint density at radius 2 is 1.90 bits per heavy atom. The van der Waals surface area contributed by atoms with E-state index in [4.69, 9.17) is 4.52 Å². The third-order valence-corrected chi connectivity index (χ3v) is 3.60. The zero-order chi connectivity index (χ0) is 15.7. The number of amides is 1. The zero-order valence-electron chi connectivity index (χ0n) is 11.7. The van der Waals surface area contributed by atoms with E-state index in [1.54, 1.807) is 13.8 Å². The largest absolute Gasteiger partial charge is 0.361 e. The quantitative estimate of drug-likeness (QED) is 0.841. The van der Waals surface area contributed by atoms with Crippen LogP contribution in [0.4, 0.5) is 8.78 Å². The number of hydrogen-bond acceptors (Lipinski definition) is 3. The number of benzene rings is 1. The van der Waals surface area contributed by atoms with Crippen LogP contribution in [-0.2, 0) is 6.54 Å². The van der Waals surface area contributed by atoms with Crippen molar-refractivity contribution in [3.05, 3.63) is 50.8 Å². The van der Waals surface area contributed by atoms with E-state index in [2.05, 4.69) is 21.1 Å². The molecule has 0 aliphatic carbocycles. The highest BCUT2D eigenvalue weighted by molar-refractivity contribution is 9.10. The molecule has 2 rings (SSSR count). The number of carbonyl (C=O) groups is 1. The van der Waals surface area contributed by atoms with E-state index in [1.807, 2.05) is 0 Å². The molecule has 0 saturated heterocycles. The van der Waals surface area contributed by atoms with E-state index in [1.165, 1.54) is 11.9 Å². The van der Waals surface area contributed by atoms with Gasteiger partial charge >= 0.3 is 0 Å². The number of nitrogens with zero attached hydrogens (tertiary/aromatic N) is 2. The van der Waals surface area contributed by atoms with Crippen LogP contribution >= 0.6 is 15.9 Å². The molecule has 0 unspecified atom stereocenters. The normalized spacial score (nSPS) is 10.8. The highest BCUT2D eigenvalue weighted by atomic mass is 79.9. The molecule has 112 valence electrons. The van der Waals surface area contributed by atoms with Gasteiger partial charge in [0.05, 0.1) is 12.2 Å². The minimum absolute atomic E-state index is 0.162. The summed E-state index contributed by atoms with van der Waals surface area (Å²) in [7, 11) is 1.47. The predicted molar refractivity (Wildman–Crippen MR) is 75.8 cm³/mol. The lowest BCUT2D eigenvalue weighted by Gasteiger charge is -2.18. The summed E-state index contributed by atoms with van der Waals surface area (Å²) in [4.78, 5) is 13.5. The Bertz CT molecular complexity index is 658. The first-order valence-electron chi connectivity index (χ1n) is 6.13. The summed E-state index contributed by atoms with van der Waals surface area (Å²) >= 11 is 2.98. The van der Waals surface area contributed by atoms with Gasteiger partial charge in [-0.3, -0.25) is 4.79 Å². The van der Waals surface area contributed by atoms with E-state index in [0.717, 1.165) is 17.7 Å². The summed E-state index contributed by atoms with van der Waals surface area (Å²) in [6, 6.07) is 2.11. The lowest BCUT2D eigenvalue weighted by Crippen LogP contribution is -2.28. The van der Waals surface area contributed by atoms with E-state index in [0.29, 0.717) is 11.5 Å². The second-order valence-electron chi connectivity index (χ2n) is 4.71. The molecule has 21 heavy (non-hydrogen) atoms. The molecule has 0 saturated carbocycles. The monoisotopic (exact) mass is 358 g/mol. The van der Waals surface area contributed by atoms with Gasteiger partial charge in [-0.2, -0.15) is 0 Å². The van der Waals surface area contributed by atoms with E-state index < -0.39 is 23.1 Å². The second-order valence-corrected chi connectivity index (χ2v) is 5.62. The Morgan fingerprint density at radius 1 is 1.33 bits per heavy atom. The van der Waals surface area contributed by atoms with Gasteiger partial charge in [0, 0.05) is 17.1 Å². The van der Waals surface area contributed by atoms with Crippen LogP contribution in [0, 0.1) is 25.5 Å². The van der Waals surface area contributed by atoms with E-state index in [9.17, 15) is 13.6 Å². The van der Waals surface area contributed by atoms with E-state index in [-0.39, 0.29) is 11.0 Å². The number of aryl methyl sites for hydroxylation is 2. The molecular formula is C14H13BrF2N2O2. The number of halogens is 3. The molecule has 0 aliphatic rings. The molecule has 1 aromatic carbocycles. The van der Waals surface area contributed by atoms with Crippen molar-refractivity contribution in [2.75, 3.05) is 7.05 Å². The van der Waals surface area contributed by atoms with Crippen molar-refractivity contribution in [3.8, 4) is 0 Å². The average molecular weight is 359 g/mol. The van der Waals surface area contributed by atoms with Crippen LogP contribution in [0.2, 0.25) is 0 Å². The van der Waals surface area contributed by atoms with Crippen LogP contribution in [0.25, 0.3) is 0 Å². The lowest BCUT2D eigenvalue weighted by atomic mass is 10.1. The molecule has 0 radical (unpaired) electrons. The van der Waals surface area contributed by atoms with Crippen LogP contribution < -0.4 is 0 Å². The molecule has 7 heteroatoms. The molecule has 1 heterocycles. The maximum absolute atomic E-state index is 13.8. The average Bonchev–Trinajstić information content (AvgIpc) is 2.69. The van der Waals surface area contributed by atoms with Gasteiger partial charge in [-0.05, 0) is 26.0 Å². The van der Waals surface area contributed by atoms with Crippen molar-refractivity contribution in [3.63, 3.8) is 0 Å². The van der Waals surface area contributed by atoms with Gasteiger partial charge in [0.1, 0.15) is 23.0 Å². The number of carbonyl (C=O) groups excluding carboxylic acids is 1. The summed E-state index contributed by atoms with van der Waals surface area (Å²) < 4.78 is 32.9. The van der Waals surface area contributed by atoms with Crippen LogP contribution in [0.3, 0.4) is 0 Å². The molecule has 0 bridgehead atoms. The summed E-state index contributed by atoms with van der Waals surface area (Å²) in [6.45, 7) is 3.62. The van der Waals surface area contributed by atoms with Crippen LogP contribution in [-0.4, -0.2) is 23.0 Å². The first-order chi connectivity index (χ1) is 9.81. The Kier molecular flexibility index (Phi) is 4.41. The first-order valence-corrected chi connectivity index (χ1v) is 6.92. The summed E-state index contributed by atoms with van der Waals surface area (Å²) in [5.74, 6) is -1.98. The van der Waals surface area contributed by atoms with E-state index >= 15 is 0 Å². The van der Waals surface area contributed by atoms with Crippen molar-refractivity contribution >= 4 is 21.8 Å². The molecule has 0 atom stereocenters. The second kappa shape index (κ2) is 5.93. The smallest absolute Gasteiger partial charge is 0.259 e.